The van der Waals surface area contributed by atoms with Crippen molar-refractivity contribution in [2.24, 2.45) is 0 Å². The molecular formula is C23H22ClFN2O4S. The van der Waals surface area contributed by atoms with Gasteiger partial charge in [0, 0.05) is 5.02 Å². The Labute approximate surface area is 191 Å². The summed E-state index contributed by atoms with van der Waals surface area (Å²) in [5, 5.41) is 3.16. The Morgan fingerprint density at radius 2 is 1.75 bits per heavy atom. The summed E-state index contributed by atoms with van der Waals surface area (Å²) in [5.74, 6) is -0.799. The van der Waals surface area contributed by atoms with Gasteiger partial charge in [0.15, 0.2) is 0 Å². The fourth-order valence-corrected chi connectivity index (χ4v) is 4.50. The maximum Gasteiger partial charge on any atom is 0.264 e. The number of para-hydroxylation sites is 1. The molecular weight excluding hydrogens is 455 g/mol. The Morgan fingerprint density at radius 3 is 2.44 bits per heavy atom. The molecule has 0 spiro atoms. The van der Waals surface area contributed by atoms with Crippen molar-refractivity contribution in [3.05, 3.63) is 89.2 Å². The van der Waals surface area contributed by atoms with Crippen LogP contribution in [0, 0.1) is 12.7 Å². The van der Waals surface area contributed by atoms with Crippen molar-refractivity contribution in [2.75, 3.05) is 24.0 Å². The van der Waals surface area contributed by atoms with Gasteiger partial charge in [-0.05, 0) is 48.9 Å². The van der Waals surface area contributed by atoms with Gasteiger partial charge in [0.2, 0.25) is 5.91 Å². The summed E-state index contributed by atoms with van der Waals surface area (Å²) >= 11 is 6.06. The summed E-state index contributed by atoms with van der Waals surface area (Å²) in [6, 6.07) is 18.2. The lowest BCUT2D eigenvalue weighted by Gasteiger charge is -2.24. The number of rotatable bonds is 9. The van der Waals surface area contributed by atoms with Crippen molar-refractivity contribution < 1.29 is 22.3 Å². The zero-order chi connectivity index (χ0) is 23.1. The Balaban J connectivity index is 1.69. The average molecular weight is 477 g/mol. The summed E-state index contributed by atoms with van der Waals surface area (Å²) in [7, 11) is -4.17. The molecule has 1 N–H and O–H groups in total. The van der Waals surface area contributed by atoms with E-state index in [1.807, 2.05) is 13.0 Å². The monoisotopic (exact) mass is 476 g/mol. The number of carbonyl (C=O) groups is 1. The van der Waals surface area contributed by atoms with E-state index in [0.29, 0.717) is 10.8 Å². The third-order valence-electron chi connectivity index (χ3n) is 4.58. The van der Waals surface area contributed by atoms with Crippen LogP contribution < -0.4 is 14.4 Å². The van der Waals surface area contributed by atoms with Crippen LogP contribution in [0.3, 0.4) is 0 Å². The Kier molecular flexibility index (Phi) is 7.71. The van der Waals surface area contributed by atoms with Crippen LogP contribution in [0.2, 0.25) is 5.02 Å². The van der Waals surface area contributed by atoms with Crippen molar-refractivity contribution >= 4 is 33.2 Å². The molecule has 0 aliphatic heterocycles. The molecule has 0 radical (unpaired) electrons. The zero-order valence-corrected chi connectivity index (χ0v) is 18.9. The lowest BCUT2D eigenvalue weighted by atomic mass is 10.2. The van der Waals surface area contributed by atoms with Crippen molar-refractivity contribution in [3.8, 4) is 5.75 Å². The van der Waals surface area contributed by atoms with Crippen LogP contribution in [0.15, 0.2) is 77.7 Å². The van der Waals surface area contributed by atoms with Crippen LogP contribution in [0.25, 0.3) is 0 Å². The third kappa shape index (κ3) is 5.77. The minimum absolute atomic E-state index is 0.0457. The molecule has 0 saturated carbocycles. The summed E-state index contributed by atoms with van der Waals surface area (Å²) in [6.07, 6.45) is 0. The number of benzene rings is 3. The minimum Gasteiger partial charge on any atom is -0.492 e. The van der Waals surface area contributed by atoms with E-state index in [4.69, 9.17) is 16.3 Å². The lowest BCUT2D eigenvalue weighted by molar-refractivity contribution is -0.119. The van der Waals surface area contributed by atoms with Gasteiger partial charge in [-0.2, -0.15) is 0 Å². The van der Waals surface area contributed by atoms with Crippen LogP contribution in [-0.2, 0) is 14.8 Å². The smallest absolute Gasteiger partial charge is 0.264 e. The van der Waals surface area contributed by atoms with Gasteiger partial charge >= 0.3 is 0 Å². The largest absolute Gasteiger partial charge is 0.492 e. The number of carbonyl (C=O) groups excluding carboxylic acids is 1. The predicted octanol–water partition coefficient (Wildman–Crippen LogP) is 4.18. The summed E-state index contributed by atoms with van der Waals surface area (Å²) in [4.78, 5) is 12.5. The maximum absolute atomic E-state index is 14.4. The number of anilines is 1. The third-order valence-corrected chi connectivity index (χ3v) is 6.76. The first-order chi connectivity index (χ1) is 15.3. The highest BCUT2D eigenvalue weighted by Crippen LogP contribution is 2.26. The number of amides is 1. The van der Waals surface area contributed by atoms with E-state index in [9.17, 15) is 17.6 Å². The van der Waals surface area contributed by atoms with Crippen molar-refractivity contribution in [1.29, 1.82) is 0 Å². The zero-order valence-electron chi connectivity index (χ0n) is 17.3. The standard InChI is InChI=1S/C23H22ClFN2O4S/c1-17-11-12-18(15-20(17)24)31-14-13-26-23(28)16-27(22-10-6-5-9-21(22)25)32(29,30)19-7-3-2-4-8-19/h2-12,15H,13-14,16H2,1H3,(H,26,28). The fraction of sp³-hybridized carbons (Fsp3) is 0.174. The summed E-state index contributed by atoms with van der Waals surface area (Å²) < 4.78 is 47.0. The van der Waals surface area contributed by atoms with Crippen molar-refractivity contribution in [3.63, 3.8) is 0 Å². The van der Waals surface area contributed by atoms with Gasteiger partial charge in [0.05, 0.1) is 17.1 Å². The second-order valence-corrected chi connectivity index (χ2v) is 9.16. The molecule has 168 valence electrons. The van der Waals surface area contributed by atoms with Crippen LogP contribution >= 0.6 is 11.6 Å². The Morgan fingerprint density at radius 1 is 1.06 bits per heavy atom. The van der Waals surface area contributed by atoms with Gasteiger partial charge in [-0.1, -0.05) is 48.0 Å². The first kappa shape index (κ1) is 23.6. The number of hydrogen-bond donors (Lipinski definition) is 1. The number of halogens is 2. The molecule has 0 atom stereocenters. The molecule has 0 aliphatic carbocycles. The molecule has 3 aromatic rings. The first-order valence-corrected chi connectivity index (χ1v) is 11.6. The number of hydrogen-bond acceptors (Lipinski definition) is 4. The van der Waals surface area contributed by atoms with E-state index >= 15 is 0 Å². The molecule has 1 amide bonds. The van der Waals surface area contributed by atoms with E-state index in [-0.39, 0.29) is 23.7 Å². The fourth-order valence-electron chi connectivity index (χ4n) is 2.88. The van der Waals surface area contributed by atoms with Gasteiger partial charge in [-0.15, -0.1) is 0 Å². The highest BCUT2D eigenvalue weighted by Gasteiger charge is 2.28. The number of nitrogens with zero attached hydrogens (tertiary/aromatic N) is 1. The van der Waals surface area contributed by atoms with Crippen LogP contribution in [0.4, 0.5) is 10.1 Å². The van der Waals surface area contributed by atoms with Crippen molar-refractivity contribution in [2.45, 2.75) is 11.8 Å². The van der Waals surface area contributed by atoms with Crippen LogP contribution in [0.5, 0.6) is 5.75 Å². The van der Waals surface area contributed by atoms with Gasteiger partial charge in [-0.25, -0.2) is 12.8 Å². The lowest BCUT2D eigenvalue weighted by Crippen LogP contribution is -2.42. The van der Waals surface area contributed by atoms with E-state index in [2.05, 4.69) is 5.32 Å². The molecule has 0 aromatic heterocycles. The van der Waals surface area contributed by atoms with E-state index in [0.717, 1.165) is 15.9 Å². The van der Waals surface area contributed by atoms with E-state index in [1.54, 1.807) is 30.3 Å². The molecule has 3 rings (SSSR count). The van der Waals surface area contributed by atoms with Gasteiger partial charge < -0.3 is 10.1 Å². The second kappa shape index (κ2) is 10.5. The SMILES string of the molecule is Cc1ccc(OCCNC(=O)CN(c2ccccc2F)S(=O)(=O)c2ccccc2)cc1Cl. The summed E-state index contributed by atoms with van der Waals surface area (Å²) in [6.45, 7) is 1.56. The molecule has 0 aliphatic rings. The topological polar surface area (TPSA) is 75.7 Å². The normalized spacial score (nSPS) is 11.1. The quantitative estimate of drug-likeness (QED) is 0.470. The first-order valence-electron chi connectivity index (χ1n) is 9.77. The van der Waals surface area contributed by atoms with Gasteiger partial charge in [0.25, 0.3) is 10.0 Å². The van der Waals surface area contributed by atoms with E-state index in [1.165, 1.54) is 30.3 Å². The molecule has 0 unspecified atom stereocenters. The molecule has 32 heavy (non-hydrogen) atoms. The Hall–Kier alpha value is -3.10. The predicted molar refractivity (Wildman–Crippen MR) is 122 cm³/mol. The number of ether oxygens (including phenoxy) is 1. The van der Waals surface area contributed by atoms with Gasteiger partial charge in [0.1, 0.15) is 24.7 Å². The van der Waals surface area contributed by atoms with E-state index < -0.39 is 28.3 Å². The molecule has 9 heteroatoms. The van der Waals surface area contributed by atoms with Crippen molar-refractivity contribution in [1.82, 2.24) is 5.32 Å². The van der Waals surface area contributed by atoms with Crippen LogP contribution in [0.1, 0.15) is 5.56 Å². The molecule has 6 nitrogen and oxygen atoms in total. The highest BCUT2D eigenvalue weighted by molar-refractivity contribution is 7.92. The second-order valence-electron chi connectivity index (χ2n) is 6.89. The number of nitrogens with one attached hydrogen (secondary N) is 1. The van der Waals surface area contributed by atoms with Crippen LogP contribution in [-0.4, -0.2) is 34.0 Å². The summed E-state index contributed by atoms with van der Waals surface area (Å²) in [5.41, 5.74) is 0.706. The minimum atomic E-state index is -4.17. The average Bonchev–Trinajstić information content (AvgIpc) is 2.78. The molecule has 0 saturated heterocycles. The number of sulfonamides is 1. The maximum atomic E-state index is 14.4. The van der Waals surface area contributed by atoms with Gasteiger partial charge in [-0.3, -0.25) is 9.10 Å². The molecule has 0 fully saturated rings. The highest BCUT2D eigenvalue weighted by atomic mass is 35.5. The number of aryl methyl sites for hydroxylation is 1. The molecule has 0 bridgehead atoms. The Bertz CT molecular complexity index is 1190. The molecule has 3 aromatic carbocycles. The molecule has 0 heterocycles.